The van der Waals surface area contributed by atoms with Gasteiger partial charge in [0.05, 0.1) is 18.9 Å². The number of hydrogen-bond donors (Lipinski definition) is 1. The van der Waals surface area contributed by atoms with Crippen LogP contribution in [0.4, 0.5) is 0 Å². The monoisotopic (exact) mass is 334 g/mol. The molecule has 0 aromatic carbocycles. The molecule has 1 aromatic heterocycles. The van der Waals surface area contributed by atoms with E-state index in [2.05, 4.69) is 10.3 Å². The molecule has 1 N–H and O–H groups in total. The fourth-order valence-corrected chi connectivity index (χ4v) is 2.09. The Morgan fingerprint density at radius 1 is 1.17 bits per heavy atom. The maximum Gasteiger partial charge on any atom is 0.332 e. The maximum atomic E-state index is 11.7. The number of hydrogen-bond acceptors (Lipinski definition) is 6. The first-order valence-electron chi connectivity index (χ1n) is 8.35. The predicted octanol–water partition coefficient (Wildman–Crippen LogP) is 2.70. The van der Waals surface area contributed by atoms with Crippen LogP contribution in [0.2, 0.25) is 0 Å². The number of carbonyl (C=O) groups excluding carboxylic acids is 2. The first-order chi connectivity index (χ1) is 11.7. The van der Waals surface area contributed by atoms with Crippen LogP contribution in [0, 0.1) is 0 Å². The summed E-state index contributed by atoms with van der Waals surface area (Å²) in [5.74, 6) is -0.533. The summed E-state index contributed by atoms with van der Waals surface area (Å²) >= 11 is 0. The van der Waals surface area contributed by atoms with Crippen molar-refractivity contribution in [1.82, 2.24) is 10.3 Å². The maximum absolute atomic E-state index is 11.7. The molecular formula is C18H26N2O4. The Bertz CT molecular complexity index is 529. The van der Waals surface area contributed by atoms with Crippen LogP contribution >= 0.6 is 0 Å². The summed E-state index contributed by atoms with van der Waals surface area (Å²) in [5.41, 5.74) is 1.52. The number of carbonyl (C=O) groups is 2. The van der Waals surface area contributed by atoms with Gasteiger partial charge in [-0.05, 0) is 38.8 Å². The summed E-state index contributed by atoms with van der Waals surface area (Å²) in [6, 6.07) is 3.70. The Morgan fingerprint density at radius 2 is 1.96 bits per heavy atom. The molecule has 132 valence electrons. The van der Waals surface area contributed by atoms with Crippen molar-refractivity contribution in [2.24, 2.45) is 0 Å². The fraction of sp³-hybridized carbons (Fsp3) is 0.500. The van der Waals surface area contributed by atoms with Gasteiger partial charge >= 0.3 is 11.9 Å². The molecule has 0 saturated heterocycles. The van der Waals surface area contributed by atoms with Crippen LogP contribution in [0.3, 0.4) is 0 Å². The molecule has 24 heavy (non-hydrogen) atoms. The van der Waals surface area contributed by atoms with Crippen LogP contribution in [-0.2, 0) is 19.1 Å². The zero-order chi connectivity index (χ0) is 17.6. The number of rotatable bonds is 11. The summed E-state index contributed by atoms with van der Waals surface area (Å²) in [4.78, 5) is 27.0. The van der Waals surface area contributed by atoms with Crippen molar-refractivity contribution in [3.05, 3.63) is 36.2 Å². The number of unbranched alkanes of at least 4 members (excludes halogenated alkanes) is 2. The van der Waals surface area contributed by atoms with Gasteiger partial charge in [0.25, 0.3) is 0 Å². The Hall–Kier alpha value is -2.37. The smallest absolute Gasteiger partial charge is 0.332 e. The second-order valence-electron chi connectivity index (χ2n) is 5.09. The lowest BCUT2D eigenvalue weighted by Crippen LogP contribution is -2.16. The van der Waals surface area contributed by atoms with Gasteiger partial charge < -0.3 is 14.8 Å². The lowest BCUT2D eigenvalue weighted by molar-refractivity contribution is -0.143. The topological polar surface area (TPSA) is 77.5 Å². The van der Waals surface area contributed by atoms with E-state index in [9.17, 15) is 9.59 Å². The van der Waals surface area contributed by atoms with Crippen molar-refractivity contribution < 1.29 is 19.1 Å². The van der Waals surface area contributed by atoms with Crippen molar-refractivity contribution in [2.75, 3.05) is 19.8 Å². The second kappa shape index (κ2) is 12.1. The van der Waals surface area contributed by atoms with Gasteiger partial charge in [-0.15, -0.1) is 0 Å². The highest BCUT2D eigenvalue weighted by Gasteiger charge is 2.06. The molecule has 0 atom stereocenters. The van der Waals surface area contributed by atoms with Gasteiger partial charge in [-0.1, -0.05) is 6.42 Å². The van der Waals surface area contributed by atoms with E-state index in [1.165, 1.54) is 6.08 Å². The number of ether oxygens (including phenoxy) is 2. The molecule has 0 spiro atoms. The summed E-state index contributed by atoms with van der Waals surface area (Å²) < 4.78 is 9.85. The molecule has 0 aliphatic heterocycles. The number of esters is 2. The molecular weight excluding hydrogens is 308 g/mol. The first-order valence-corrected chi connectivity index (χ1v) is 8.35. The van der Waals surface area contributed by atoms with Gasteiger partial charge in [0.15, 0.2) is 0 Å². The number of pyridine rings is 1. The van der Waals surface area contributed by atoms with Gasteiger partial charge in [0, 0.05) is 37.0 Å². The van der Waals surface area contributed by atoms with Crippen LogP contribution in [0.15, 0.2) is 30.6 Å². The molecule has 0 aliphatic carbocycles. The molecule has 0 saturated carbocycles. The largest absolute Gasteiger partial charge is 0.466 e. The van der Waals surface area contributed by atoms with Gasteiger partial charge in [-0.25, -0.2) is 4.79 Å². The summed E-state index contributed by atoms with van der Waals surface area (Å²) in [6.07, 6.45) is 7.86. The zero-order valence-corrected chi connectivity index (χ0v) is 14.4. The lowest BCUT2D eigenvalue weighted by Gasteiger charge is -2.11. The highest BCUT2D eigenvalue weighted by molar-refractivity contribution is 5.90. The van der Waals surface area contributed by atoms with E-state index in [0.717, 1.165) is 24.8 Å². The van der Waals surface area contributed by atoms with Crippen molar-refractivity contribution in [3.63, 3.8) is 0 Å². The Morgan fingerprint density at radius 3 is 2.62 bits per heavy atom. The highest BCUT2D eigenvalue weighted by Crippen LogP contribution is 2.10. The van der Waals surface area contributed by atoms with Crippen LogP contribution in [0.25, 0.3) is 5.70 Å². The average molecular weight is 334 g/mol. The lowest BCUT2D eigenvalue weighted by atomic mass is 10.1. The first kappa shape index (κ1) is 19.7. The summed E-state index contributed by atoms with van der Waals surface area (Å²) in [6.45, 7) is 5.03. The minimum absolute atomic E-state index is 0.149. The van der Waals surface area contributed by atoms with E-state index in [1.54, 1.807) is 26.2 Å². The van der Waals surface area contributed by atoms with E-state index in [0.29, 0.717) is 31.9 Å². The molecule has 0 aliphatic rings. The molecule has 1 rings (SSSR count). The molecule has 6 heteroatoms. The van der Waals surface area contributed by atoms with Crippen molar-refractivity contribution in [2.45, 2.75) is 39.5 Å². The molecule has 0 amide bonds. The third kappa shape index (κ3) is 8.31. The van der Waals surface area contributed by atoms with Crippen molar-refractivity contribution >= 4 is 17.6 Å². The van der Waals surface area contributed by atoms with E-state index < -0.39 is 0 Å². The van der Waals surface area contributed by atoms with Gasteiger partial charge in [-0.2, -0.15) is 0 Å². The van der Waals surface area contributed by atoms with Crippen LogP contribution in [0.1, 0.15) is 45.1 Å². The average Bonchev–Trinajstić information content (AvgIpc) is 2.58. The second-order valence-corrected chi connectivity index (χ2v) is 5.09. The minimum atomic E-state index is -0.383. The summed E-state index contributed by atoms with van der Waals surface area (Å²) in [5, 5.41) is 3.24. The molecule has 1 heterocycles. The quantitative estimate of drug-likeness (QED) is 0.381. The minimum Gasteiger partial charge on any atom is -0.466 e. The van der Waals surface area contributed by atoms with Crippen LogP contribution in [0.5, 0.6) is 0 Å². The third-order valence-electron chi connectivity index (χ3n) is 3.20. The van der Waals surface area contributed by atoms with Crippen molar-refractivity contribution in [1.29, 1.82) is 0 Å². The zero-order valence-electron chi connectivity index (χ0n) is 14.4. The predicted molar refractivity (Wildman–Crippen MR) is 92.0 cm³/mol. The van der Waals surface area contributed by atoms with E-state index in [-0.39, 0.29) is 11.9 Å². The van der Waals surface area contributed by atoms with Gasteiger partial charge in [0.2, 0.25) is 0 Å². The number of aromatic nitrogens is 1. The number of nitrogens with zero attached hydrogens (tertiary/aromatic N) is 1. The molecule has 0 fully saturated rings. The third-order valence-corrected chi connectivity index (χ3v) is 3.20. The normalized spacial score (nSPS) is 11.0. The Labute approximate surface area is 143 Å². The Balaban J connectivity index is 2.43. The molecule has 0 bridgehead atoms. The molecule has 0 unspecified atom stereocenters. The summed E-state index contributed by atoms with van der Waals surface area (Å²) in [7, 11) is 0. The number of nitrogens with one attached hydrogen (secondary N) is 1. The SMILES string of the molecule is CCOC(=O)C=C(NCCCCCC(=O)OCC)c1cccnc1. The molecule has 1 aromatic rings. The highest BCUT2D eigenvalue weighted by atomic mass is 16.5. The van der Waals surface area contributed by atoms with Crippen LogP contribution in [-0.4, -0.2) is 36.7 Å². The van der Waals surface area contributed by atoms with E-state index >= 15 is 0 Å². The fourth-order valence-electron chi connectivity index (χ4n) is 2.09. The van der Waals surface area contributed by atoms with Crippen LogP contribution < -0.4 is 5.32 Å². The van der Waals surface area contributed by atoms with Crippen molar-refractivity contribution in [3.8, 4) is 0 Å². The Kier molecular flexibility index (Phi) is 9.92. The molecule has 6 nitrogen and oxygen atoms in total. The van der Waals surface area contributed by atoms with Gasteiger partial charge in [-0.3, -0.25) is 9.78 Å². The standard InChI is InChI=1S/C18H26N2O4/c1-3-23-17(21)10-6-5-7-12-20-16(13-18(22)24-4-2)15-9-8-11-19-14-15/h8-9,11,13-14,20H,3-7,10,12H2,1-2H3. The van der Waals surface area contributed by atoms with Gasteiger partial charge in [0.1, 0.15) is 0 Å². The van der Waals surface area contributed by atoms with E-state index in [1.807, 2.05) is 12.1 Å². The van der Waals surface area contributed by atoms with E-state index in [4.69, 9.17) is 9.47 Å². The molecule has 0 radical (unpaired) electrons.